The summed E-state index contributed by atoms with van der Waals surface area (Å²) in [6, 6.07) is 8.90. The predicted octanol–water partition coefficient (Wildman–Crippen LogP) is 3.37. The second-order valence-electron chi connectivity index (χ2n) is 6.61. The molecule has 0 unspecified atom stereocenters. The lowest BCUT2D eigenvalue weighted by Crippen LogP contribution is -2.31. The van der Waals surface area contributed by atoms with E-state index in [0.717, 1.165) is 24.1 Å². The van der Waals surface area contributed by atoms with Gasteiger partial charge in [0, 0.05) is 11.9 Å². The Labute approximate surface area is 144 Å². The first-order valence-corrected chi connectivity index (χ1v) is 8.42. The fourth-order valence-corrected chi connectivity index (χ4v) is 3.23. The molecule has 25 heavy (non-hydrogen) atoms. The van der Waals surface area contributed by atoms with Gasteiger partial charge in [-0.05, 0) is 56.4 Å². The molecule has 0 aromatic carbocycles. The summed E-state index contributed by atoms with van der Waals surface area (Å²) in [5, 5.41) is 2.96. The van der Waals surface area contributed by atoms with Crippen molar-refractivity contribution in [2.75, 3.05) is 0 Å². The Balaban J connectivity index is 1.68. The highest BCUT2D eigenvalue weighted by atomic mass is 19.1. The Morgan fingerprint density at radius 3 is 2.76 bits per heavy atom. The lowest BCUT2D eigenvalue weighted by atomic mass is 10.0. The van der Waals surface area contributed by atoms with Gasteiger partial charge in [-0.25, -0.2) is 4.98 Å². The number of imidazole rings is 1. The minimum Gasteiger partial charge on any atom is -0.342 e. The third kappa shape index (κ3) is 2.77. The third-order valence-corrected chi connectivity index (χ3v) is 4.72. The Morgan fingerprint density at radius 2 is 2.08 bits per heavy atom. The van der Waals surface area contributed by atoms with Crippen LogP contribution in [0.15, 0.2) is 36.5 Å². The SMILES string of the molecule is Cc1cccnc1[C@H](NC(=O)c1nc2cccc(C)n2c1F)C1CC1. The van der Waals surface area contributed by atoms with Crippen molar-refractivity contribution in [3.8, 4) is 0 Å². The van der Waals surface area contributed by atoms with E-state index in [-0.39, 0.29) is 11.7 Å². The van der Waals surface area contributed by atoms with Crippen LogP contribution in [0.25, 0.3) is 5.65 Å². The van der Waals surface area contributed by atoms with Gasteiger partial charge in [-0.3, -0.25) is 14.2 Å². The van der Waals surface area contributed by atoms with Crippen LogP contribution in [0.5, 0.6) is 0 Å². The van der Waals surface area contributed by atoms with E-state index in [4.69, 9.17) is 0 Å². The molecule has 6 heteroatoms. The summed E-state index contributed by atoms with van der Waals surface area (Å²) >= 11 is 0. The first-order chi connectivity index (χ1) is 12.1. The zero-order valence-electron chi connectivity index (χ0n) is 14.2. The average Bonchev–Trinajstić information content (AvgIpc) is 3.37. The van der Waals surface area contributed by atoms with Crippen LogP contribution in [-0.2, 0) is 0 Å². The van der Waals surface area contributed by atoms with Crippen molar-refractivity contribution in [1.29, 1.82) is 0 Å². The predicted molar refractivity (Wildman–Crippen MR) is 91.8 cm³/mol. The number of halogens is 1. The molecule has 1 fully saturated rings. The van der Waals surface area contributed by atoms with Crippen LogP contribution < -0.4 is 5.32 Å². The number of nitrogens with one attached hydrogen (secondary N) is 1. The monoisotopic (exact) mass is 338 g/mol. The minimum absolute atomic E-state index is 0.173. The van der Waals surface area contributed by atoms with Crippen molar-refractivity contribution >= 4 is 11.6 Å². The number of nitrogens with zero attached hydrogens (tertiary/aromatic N) is 3. The van der Waals surface area contributed by atoms with E-state index >= 15 is 0 Å². The van der Waals surface area contributed by atoms with Crippen molar-refractivity contribution in [2.24, 2.45) is 5.92 Å². The van der Waals surface area contributed by atoms with Gasteiger partial charge in [0.2, 0.25) is 5.95 Å². The summed E-state index contributed by atoms with van der Waals surface area (Å²) in [7, 11) is 0. The van der Waals surface area contributed by atoms with Crippen LogP contribution in [0.3, 0.4) is 0 Å². The summed E-state index contributed by atoms with van der Waals surface area (Å²) < 4.78 is 16.1. The smallest absolute Gasteiger partial charge is 0.275 e. The Morgan fingerprint density at radius 1 is 1.28 bits per heavy atom. The van der Waals surface area contributed by atoms with Crippen molar-refractivity contribution in [2.45, 2.75) is 32.7 Å². The van der Waals surface area contributed by atoms with Crippen LogP contribution >= 0.6 is 0 Å². The van der Waals surface area contributed by atoms with Crippen LogP contribution in [0.1, 0.15) is 46.3 Å². The molecular weight excluding hydrogens is 319 g/mol. The number of aromatic nitrogens is 3. The highest BCUT2D eigenvalue weighted by Crippen LogP contribution is 2.41. The number of aryl methyl sites for hydroxylation is 2. The standard InChI is InChI=1S/C19H19FN4O/c1-11-5-4-10-21-15(11)16(13-8-9-13)23-19(25)17-18(20)24-12(2)6-3-7-14(24)22-17/h3-7,10,13,16H,8-9H2,1-2H3,(H,23,25)/t16-/m1/s1. The highest BCUT2D eigenvalue weighted by molar-refractivity contribution is 5.93. The first kappa shape index (κ1) is 15.7. The van der Waals surface area contributed by atoms with E-state index in [1.165, 1.54) is 4.40 Å². The van der Waals surface area contributed by atoms with E-state index < -0.39 is 11.9 Å². The maximum atomic E-state index is 14.7. The van der Waals surface area contributed by atoms with Crippen LogP contribution in [0.2, 0.25) is 0 Å². The molecule has 1 amide bonds. The van der Waals surface area contributed by atoms with E-state index in [1.54, 1.807) is 31.3 Å². The lowest BCUT2D eigenvalue weighted by molar-refractivity contribution is 0.0921. The number of hydrogen-bond donors (Lipinski definition) is 1. The summed E-state index contributed by atoms with van der Waals surface area (Å²) in [6.07, 6.45) is 3.79. The normalized spacial score (nSPS) is 15.3. The molecule has 1 saturated carbocycles. The average molecular weight is 338 g/mol. The lowest BCUT2D eigenvalue weighted by Gasteiger charge is -2.19. The van der Waals surface area contributed by atoms with Crippen LogP contribution in [0.4, 0.5) is 4.39 Å². The number of fused-ring (bicyclic) bond motifs is 1. The third-order valence-electron chi connectivity index (χ3n) is 4.72. The summed E-state index contributed by atoms with van der Waals surface area (Å²) in [5.74, 6) is -0.778. The minimum atomic E-state index is -0.627. The number of carbonyl (C=O) groups is 1. The van der Waals surface area contributed by atoms with Crippen molar-refractivity contribution in [1.82, 2.24) is 19.7 Å². The van der Waals surface area contributed by atoms with Gasteiger partial charge in [0.15, 0.2) is 5.69 Å². The topological polar surface area (TPSA) is 59.3 Å². The molecule has 0 aliphatic heterocycles. The Kier molecular flexibility index (Phi) is 3.75. The second kappa shape index (κ2) is 5.95. The molecule has 3 heterocycles. The van der Waals surface area contributed by atoms with Crippen molar-refractivity contribution in [3.05, 3.63) is 65.1 Å². The van der Waals surface area contributed by atoms with E-state index in [2.05, 4.69) is 15.3 Å². The molecule has 4 rings (SSSR count). The van der Waals surface area contributed by atoms with Crippen molar-refractivity contribution in [3.63, 3.8) is 0 Å². The van der Waals surface area contributed by atoms with Gasteiger partial charge in [0.25, 0.3) is 5.91 Å². The molecule has 0 radical (unpaired) electrons. The van der Waals surface area contributed by atoms with Crippen LogP contribution in [-0.4, -0.2) is 20.3 Å². The van der Waals surface area contributed by atoms with E-state index in [9.17, 15) is 9.18 Å². The molecule has 1 aliphatic rings. The van der Waals surface area contributed by atoms with Crippen LogP contribution in [0, 0.1) is 25.7 Å². The molecule has 128 valence electrons. The zero-order valence-corrected chi connectivity index (χ0v) is 14.2. The summed E-state index contributed by atoms with van der Waals surface area (Å²) in [4.78, 5) is 21.3. The van der Waals surface area contributed by atoms with Crippen molar-refractivity contribution < 1.29 is 9.18 Å². The number of rotatable bonds is 4. The maximum Gasteiger partial charge on any atom is 0.275 e. The molecule has 0 saturated heterocycles. The number of hydrogen-bond acceptors (Lipinski definition) is 3. The van der Waals surface area contributed by atoms with E-state index in [1.807, 2.05) is 19.1 Å². The molecule has 1 N–H and O–H groups in total. The molecular formula is C19H19FN4O. The van der Waals surface area contributed by atoms with Gasteiger partial charge < -0.3 is 5.32 Å². The summed E-state index contributed by atoms with van der Waals surface area (Å²) in [5.41, 5.74) is 2.82. The van der Waals surface area contributed by atoms with Gasteiger partial charge in [-0.2, -0.15) is 4.39 Å². The number of pyridine rings is 2. The maximum absolute atomic E-state index is 14.7. The Bertz CT molecular complexity index is 961. The molecule has 3 aromatic rings. The quantitative estimate of drug-likeness (QED) is 0.793. The Hall–Kier alpha value is -2.76. The fraction of sp³-hybridized carbons (Fsp3) is 0.316. The molecule has 1 atom stereocenters. The van der Waals surface area contributed by atoms with E-state index in [0.29, 0.717) is 17.3 Å². The highest BCUT2D eigenvalue weighted by Gasteiger charge is 2.36. The fourth-order valence-electron chi connectivity index (χ4n) is 3.23. The number of carbonyl (C=O) groups excluding carboxylic acids is 1. The van der Waals surface area contributed by atoms with Gasteiger partial charge in [-0.1, -0.05) is 12.1 Å². The second-order valence-corrected chi connectivity index (χ2v) is 6.61. The molecule has 0 bridgehead atoms. The van der Waals surface area contributed by atoms with Gasteiger partial charge >= 0.3 is 0 Å². The van der Waals surface area contributed by atoms with Gasteiger partial charge in [0.05, 0.1) is 11.7 Å². The molecule has 0 spiro atoms. The van der Waals surface area contributed by atoms with Gasteiger partial charge in [-0.15, -0.1) is 0 Å². The van der Waals surface area contributed by atoms with Gasteiger partial charge in [0.1, 0.15) is 5.65 Å². The molecule has 5 nitrogen and oxygen atoms in total. The first-order valence-electron chi connectivity index (χ1n) is 8.42. The molecule has 3 aromatic heterocycles. The zero-order chi connectivity index (χ0) is 17.6. The number of amides is 1. The summed E-state index contributed by atoms with van der Waals surface area (Å²) in [6.45, 7) is 3.75. The largest absolute Gasteiger partial charge is 0.342 e. The molecule has 1 aliphatic carbocycles.